The highest BCUT2D eigenvalue weighted by atomic mass is 16.5. The van der Waals surface area contributed by atoms with Crippen LogP contribution in [0.1, 0.15) is 31.2 Å². The SMILES string of the molecule is COC(=O)C1(NC(CO)Cc2ccccc2)CCCC1. The Labute approximate surface area is 120 Å². The van der Waals surface area contributed by atoms with Gasteiger partial charge in [0.2, 0.25) is 0 Å². The molecule has 1 unspecified atom stereocenters. The third kappa shape index (κ3) is 3.38. The van der Waals surface area contributed by atoms with E-state index in [1.807, 2.05) is 30.3 Å². The minimum absolute atomic E-state index is 0.00758. The molecule has 0 aromatic heterocycles. The van der Waals surface area contributed by atoms with Crippen molar-refractivity contribution in [3.8, 4) is 0 Å². The lowest BCUT2D eigenvalue weighted by atomic mass is 9.94. The van der Waals surface area contributed by atoms with Gasteiger partial charge < -0.3 is 9.84 Å². The second-order valence-electron chi connectivity index (χ2n) is 5.49. The highest BCUT2D eigenvalue weighted by Crippen LogP contribution is 2.31. The molecular formula is C16H23NO3. The topological polar surface area (TPSA) is 58.6 Å². The van der Waals surface area contributed by atoms with Gasteiger partial charge in [0.1, 0.15) is 5.54 Å². The number of hydrogen-bond donors (Lipinski definition) is 2. The zero-order chi connectivity index (χ0) is 14.4. The minimum Gasteiger partial charge on any atom is -0.468 e. The molecule has 0 saturated heterocycles. The van der Waals surface area contributed by atoms with Crippen LogP contribution < -0.4 is 5.32 Å². The van der Waals surface area contributed by atoms with Gasteiger partial charge in [0, 0.05) is 6.04 Å². The lowest BCUT2D eigenvalue weighted by Gasteiger charge is -2.31. The number of rotatable bonds is 6. The van der Waals surface area contributed by atoms with E-state index in [9.17, 15) is 9.90 Å². The molecule has 1 aromatic rings. The average Bonchev–Trinajstić information content (AvgIpc) is 2.96. The highest BCUT2D eigenvalue weighted by molar-refractivity contribution is 5.81. The summed E-state index contributed by atoms with van der Waals surface area (Å²) < 4.78 is 4.95. The Morgan fingerprint density at radius 3 is 2.55 bits per heavy atom. The summed E-state index contributed by atoms with van der Waals surface area (Å²) in [5.74, 6) is -0.207. The summed E-state index contributed by atoms with van der Waals surface area (Å²) in [4.78, 5) is 12.1. The fourth-order valence-electron chi connectivity index (χ4n) is 3.03. The van der Waals surface area contributed by atoms with Gasteiger partial charge in [-0.25, -0.2) is 0 Å². The molecule has 110 valence electrons. The first-order chi connectivity index (χ1) is 9.70. The van der Waals surface area contributed by atoms with Gasteiger partial charge in [0.25, 0.3) is 0 Å². The van der Waals surface area contributed by atoms with Crippen molar-refractivity contribution in [2.45, 2.75) is 43.7 Å². The number of methoxy groups -OCH3 is 1. The van der Waals surface area contributed by atoms with Crippen molar-refractivity contribution in [1.29, 1.82) is 0 Å². The lowest BCUT2D eigenvalue weighted by Crippen LogP contribution is -2.56. The number of aliphatic hydroxyl groups is 1. The van der Waals surface area contributed by atoms with Crippen molar-refractivity contribution in [3.63, 3.8) is 0 Å². The predicted molar refractivity (Wildman–Crippen MR) is 77.4 cm³/mol. The Morgan fingerprint density at radius 2 is 2.00 bits per heavy atom. The molecular weight excluding hydrogens is 254 g/mol. The molecule has 20 heavy (non-hydrogen) atoms. The summed E-state index contributed by atoms with van der Waals surface area (Å²) in [7, 11) is 1.43. The number of hydrogen-bond acceptors (Lipinski definition) is 4. The van der Waals surface area contributed by atoms with Crippen LogP contribution in [0.2, 0.25) is 0 Å². The van der Waals surface area contributed by atoms with Crippen LogP contribution >= 0.6 is 0 Å². The highest BCUT2D eigenvalue weighted by Gasteiger charge is 2.43. The Hall–Kier alpha value is -1.39. The number of carbonyl (C=O) groups excluding carboxylic acids is 1. The van der Waals surface area contributed by atoms with Gasteiger partial charge in [-0.05, 0) is 24.8 Å². The van der Waals surface area contributed by atoms with Crippen molar-refractivity contribution in [2.24, 2.45) is 0 Å². The van der Waals surface area contributed by atoms with Gasteiger partial charge >= 0.3 is 5.97 Å². The van der Waals surface area contributed by atoms with E-state index in [0.29, 0.717) is 6.42 Å². The number of nitrogens with one attached hydrogen (secondary N) is 1. The van der Waals surface area contributed by atoms with Crippen LogP contribution in [0.25, 0.3) is 0 Å². The molecule has 1 saturated carbocycles. The summed E-state index contributed by atoms with van der Waals surface area (Å²) in [6, 6.07) is 9.87. The monoisotopic (exact) mass is 277 g/mol. The third-order valence-electron chi connectivity index (χ3n) is 4.06. The van der Waals surface area contributed by atoms with E-state index >= 15 is 0 Å². The number of esters is 1. The maximum absolute atomic E-state index is 12.1. The number of ether oxygens (including phenoxy) is 1. The van der Waals surface area contributed by atoms with E-state index < -0.39 is 5.54 Å². The standard InChI is InChI=1S/C16H23NO3/c1-20-15(19)16(9-5-6-10-16)17-14(12-18)11-13-7-3-2-4-8-13/h2-4,7-8,14,17-18H,5-6,9-12H2,1H3. The van der Waals surface area contributed by atoms with Crippen molar-refractivity contribution in [1.82, 2.24) is 5.32 Å². The molecule has 0 radical (unpaired) electrons. The van der Waals surface area contributed by atoms with Crippen molar-refractivity contribution in [2.75, 3.05) is 13.7 Å². The average molecular weight is 277 g/mol. The van der Waals surface area contributed by atoms with Gasteiger partial charge in [0.05, 0.1) is 13.7 Å². The maximum Gasteiger partial charge on any atom is 0.326 e. The summed E-state index contributed by atoms with van der Waals surface area (Å²) in [6.45, 7) is 0.00758. The van der Waals surface area contributed by atoms with Gasteiger partial charge in [-0.15, -0.1) is 0 Å². The molecule has 1 aliphatic rings. The summed E-state index contributed by atoms with van der Waals surface area (Å²) in [6.07, 6.45) is 4.31. The molecule has 0 amide bonds. The summed E-state index contributed by atoms with van der Waals surface area (Å²) in [5, 5.41) is 13.0. The first kappa shape index (κ1) is 15.0. The van der Waals surface area contributed by atoms with E-state index in [1.54, 1.807) is 0 Å². The molecule has 1 aliphatic carbocycles. The minimum atomic E-state index is -0.614. The Morgan fingerprint density at radius 1 is 1.35 bits per heavy atom. The first-order valence-electron chi connectivity index (χ1n) is 7.21. The molecule has 0 bridgehead atoms. The van der Waals surface area contributed by atoms with Crippen LogP contribution in [0.5, 0.6) is 0 Å². The normalized spacial score (nSPS) is 18.7. The first-order valence-corrected chi connectivity index (χ1v) is 7.21. The van der Waals surface area contributed by atoms with E-state index in [1.165, 1.54) is 7.11 Å². The molecule has 0 spiro atoms. The van der Waals surface area contributed by atoms with Gasteiger partial charge in [0.15, 0.2) is 0 Å². The smallest absolute Gasteiger partial charge is 0.326 e. The molecule has 2 rings (SSSR count). The van der Waals surface area contributed by atoms with E-state index in [0.717, 1.165) is 31.2 Å². The molecule has 1 aromatic carbocycles. The van der Waals surface area contributed by atoms with Crippen LogP contribution in [0, 0.1) is 0 Å². The van der Waals surface area contributed by atoms with Gasteiger partial charge in [-0.3, -0.25) is 10.1 Å². The molecule has 0 heterocycles. The molecule has 0 aliphatic heterocycles. The van der Waals surface area contributed by atoms with Crippen LogP contribution in [0.3, 0.4) is 0 Å². The number of benzene rings is 1. The van der Waals surface area contributed by atoms with Gasteiger partial charge in [-0.2, -0.15) is 0 Å². The van der Waals surface area contributed by atoms with E-state index in [2.05, 4.69) is 5.32 Å². The Balaban J connectivity index is 2.06. The number of carbonyl (C=O) groups is 1. The fraction of sp³-hybridized carbons (Fsp3) is 0.562. The second kappa shape index (κ2) is 6.86. The van der Waals surface area contributed by atoms with Crippen molar-refractivity contribution in [3.05, 3.63) is 35.9 Å². The molecule has 1 fully saturated rings. The van der Waals surface area contributed by atoms with E-state index in [4.69, 9.17) is 4.74 Å². The van der Waals surface area contributed by atoms with Crippen LogP contribution in [-0.4, -0.2) is 36.4 Å². The Kier molecular flexibility index (Phi) is 5.15. The summed E-state index contributed by atoms with van der Waals surface area (Å²) >= 11 is 0. The Bertz CT molecular complexity index is 427. The quantitative estimate of drug-likeness (QED) is 0.777. The fourth-order valence-corrected chi connectivity index (χ4v) is 3.03. The van der Waals surface area contributed by atoms with Crippen LogP contribution in [-0.2, 0) is 16.0 Å². The molecule has 4 nitrogen and oxygen atoms in total. The van der Waals surface area contributed by atoms with Crippen molar-refractivity contribution >= 4 is 5.97 Å². The van der Waals surface area contributed by atoms with Gasteiger partial charge in [-0.1, -0.05) is 43.2 Å². The lowest BCUT2D eigenvalue weighted by molar-refractivity contribution is -0.149. The maximum atomic E-state index is 12.1. The zero-order valence-corrected chi connectivity index (χ0v) is 12.0. The second-order valence-corrected chi connectivity index (χ2v) is 5.49. The largest absolute Gasteiger partial charge is 0.468 e. The van der Waals surface area contributed by atoms with Crippen LogP contribution in [0.4, 0.5) is 0 Å². The van der Waals surface area contributed by atoms with Crippen molar-refractivity contribution < 1.29 is 14.6 Å². The van der Waals surface area contributed by atoms with Crippen LogP contribution in [0.15, 0.2) is 30.3 Å². The molecule has 4 heteroatoms. The number of aliphatic hydroxyl groups excluding tert-OH is 1. The zero-order valence-electron chi connectivity index (χ0n) is 12.0. The third-order valence-corrected chi connectivity index (χ3v) is 4.06. The predicted octanol–water partition coefficient (Wildman–Crippen LogP) is 1.67. The molecule has 2 N–H and O–H groups in total. The van der Waals surface area contributed by atoms with E-state index in [-0.39, 0.29) is 18.6 Å². The summed E-state index contributed by atoms with van der Waals surface area (Å²) in [5.41, 5.74) is 0.536. The molecule has 1 atom stereocenters.